The number of halogens is 4. The number of ether oxygens (including phenoxy) is 1. The SMILES string of the molecule is COC(=O)C[C@H](NC(=O)CNC(=O)c1cc(NC2=NCC(F)CN2)c2cn[nH]c2c1)c1cc(-n2cccn2)cc(C(F)(F)F)c1. The van der Waals surface area contributed by atoms with Gasteiger partial charge in [-0.3, -0.25) is 19.5 Å². The third-order valence-corrected chi connectivity index (χ3v) is 6.79. The summed E-state index contributed by atoms with van der Waals surface area (Å²) in [5.74, 6) is -1.91. The van der Waals surface area contributed by atoms with Crippen LogP contribution in [0, 0.1) is 0 Å². The fourth-order valence-corrected chi connectivity index (χ4v) is 4.58. The zero-order valence-electron chi connectivity index (χ0n) is 23.6. The quantitative estimate of drug-likeness (QED) is 0.139. The number of guanidine groups is 1. The lowest BCUT2D eigenvalue weighted by Gasteiger charge is -2.21. The summed E-state index contributed by atoms with van der Waals surface area (Å²) >= 11 is 0. The molecule has 17 heteroatoms. The smallest absolute Gasteiger partial charge is 0.416 e. The number of anilines is 1. The number of benzene rings is 2. The van der Waals surface area contributed by atoms with E-state index >= 15 is 0 Å². The van der Waals surface area contributed by atoms with Crippen molar-refractivity contribution in [2.24, 2.45) is 4.99 Å². The van der Waals surface area contributed by atoms with Gasteiger partial charge in [0.25, 0.3) is 5.91 Å². The molecule has 2 aromatic carbocycles. The van der Waals surface area contributed by atoms with Crippen molar-refractivity contribution < 1.29 is 36.7 Å². The van der Waals surface area contributed by atoms with Crippen molar-refractivity contribution in [2.75, 3.05) is 32.1 Å². The van der Waals surface area contributed by atoms with Gasteiger partial charge in [0.2, 0.25) is 5.91 Å². The molecule has 0 fully saturated rings. The van der Waals surface area contributed by atoms with Crippen LogP contribution in [0.4, 0.5) is 23.2 Å². The predicted molar refractivity (Wildman–Crippen MR) is 153 cm³/mol. The van der Waals surface area contributed by atoms with Gasteiger partial charge < -0.3 is 26.0 Å². The monoisotopic (exact) mass is 629 g/mol. The molecule has 236 valence electrons. The van der Waals surface area contributed by atoms with Crippen LogP contribution in [-0.4, -0.2) is 76.6 Å². The summed E-state index contributed by atoms with van der Waals surface area (Å²) in [6, 6.07) is 6.38. The van der Waals surface area contributed by atoms with Crippen LogP contribution < -0.4 is 21.3 Å². The summed E-state index contributed by atoms with van der Waals surface area (Å²) < 4.78 is 60.7. The Morgan fingerprint density at radius 3 is 2.69 bits per heavy atom. The molecule has 0 bridgehead atoms. The number of aromatic nitrogens is 4. The summed E-state index contributed by atoms with van der Waals surface area (Å²) in [4.78, 5) is 42.3. The number of fused-ring (bicyclic) bond motifs is 1. The Morgan fingerprint density at radius 2 is 2.00 bits per heavy atom. The molecule has 0 spiro atoms. The zero-order chi connectivity index (χ0) is 32.1. The Labute approximate surface area is 252 Å². The third-order valence-electron chi connectivity index (χ3n) is 6.79. The Morgan fingerprint density at radius 1 is 1.18 bits per heavy atom. The number of carbonyl (C=O) groups is 3. The van der Waals surface area contributed by atoms with Gasteiger partial charge in [-0.2, -0.15) is 23.4 Å². The average molecular weight is 630 g/mol. The van der Waals surface area contributed by atoms with E-state index in [0.29, 0.717) is 22.5 Å². The van der Waals surface area contributed by atoms with E-state index in [2.05, 4.69) is 41.6 Å². The second-order valence-electron chi connectivity index (χ2n) is 9.99. The number of nitrogens with zero attached hydrogens (tertiary/aromatic N) is 4. The number of esters is 1. The van der Waals surface area contributed by atoms with E-state index in [4.69, 9.17) is 4.74 Å². The minimum absolute atomic E-state index is 0.0266. The van der Waals surface area contributed by atoms with Crippen molar-refractivity contribution in [3.8, 4) is 5.69 Å². The third kappa shape index (κ3) is 7.54. The molecular weight excluding hydrogens is 602 g/mol. The molecule has 2 atom stereocenters. The van der Waals surface area contributed by atoms with Crippen molar-refractivity contribution in [3.05, 3.63) is 71.7 Å². The number of aromatic amines is 1. The Balaban J connectivity index is 1.33. The van der Waals surface area contributed by atoms with Gasteiger partial charge in [0, 0.05) is 23.3 Å². The minimum atomic E-state index is -4.73. The number of hydrogen-bond donors (Lipinski definition) is 5. The summed E-state index contributed by atoms with van der Waals surface area (Å²) in [5.41, 5.74) is 0.0779. The minimum Gasteiger partial charge on any atom is -0.469 e. The highest BCUT2D eigenvalue weighted by Crippen LogP contribution is 2.33. The van der Waals surface area contributed by atoms with E-state index in [0.717, 1.165) is 19.2 Å². The highest BCUT2D eigenvalue weighted by Gasteiger charge is 2.33. The molecule has 0 saturated heterocycles. The van der Waals surface area contributed by atoms with Crippen molar-refractivity contribution >= 4 is 40.3 Å². The Kier molecular flexibility index (Phi) is 8.96. The fourth-order valence-electron chi connectivity index (χ4n) is 4.58. The number of amides is 2. The molecule has 2 amide bonds. The van der Waals surface area contributed by atoms with Crippen LogP contribution >= 0.6 is 0 Å². The molecule has 5 rings (SSSR count). The second-order valence-corrected chi connectivity index (χ2v) is 9.99. The largest absolute Gasteiger partial charge is 0.469 e. The van der Waals surface area contributed by atoms with Crippen molar-refractivity contribution in [3.63, 3.8) is 0 Å². The van der Waals surface area contributed by atoms with Crippen LogP contribution in [0.5, 0.6) is 0 Å². The number of alkyl halides is 4. The molecule has 1 aliphatic rings. The molecule has 0 aliphatic carbocycles. The van der Waals surface area contributed by atoms with Gasteiger partial charge >= 0.3 is 12.1 Å². The number of H-pyrrole nitrogens is 1. The molecule has 5 N–H and O–H groups in total. The van der Waals surface area contributed by atoms with Gasteiger partial charge in [0.1, 0.15) is 6.17 Å². The predicted octanol–water partition coefficient (Wildman–Crippen LogP) is 2.63. The van der Waals surface area contributed by atoms with Gasteiger partial charge in [-0.1, -0.05) is 0 Å². The van der Waals surface area contributed by atoms with Crippen LogP contribution in [0.3, 0.4) is 0 Å². The Hall–Kier alpha value is -5.48. The molecule has 3 heterocycles. The highest BCUT2D eigenvalue weighted by molar-refractivity contribution is 6.07. The summed E-state index contributed by atoms with van der Waals surface area (Å²) in [7, 11) is 1.11. The van der Waals surface area contributed by atoms with E-state index in [1.807, 2.05) is 0 Å². The number of aliphatic imine (C=N–C) groups is 1. The first-order valence-electron chi connectivity index (χ1n) is 13.5. The van der Waals surface area contributed by atoms with E-state index in [1.54, 1.807) is 0 Å². The van der Waals surface area contributed by atoms with E-state index < -0.39 is 54.7 Å². The Bertz CT molecular complexity index is 1740. The van der Waals surface area contributed by atoms with Gasteiger partial charge in [-0.25, -0.2) is 14.1 Å². The molecule has 2 aromatic heterocycles. The molecule has 4 aromatic rings. The normalized spacial score (nSPS) is 15.5. The summed E-state index contributed by atoms with van der Waals surface area (Å²) in [5, 5.41) is 22.1. The summed E-state index contributed by atoms with van der Waals surface area (Å²) in [6.07, 6.45) is -1.97. The van der Waals surface area contributed by atoms with Gasteiger partial charge in [0.15, 0.2) is 5.96 Å². The maximum absolute atomic E-state index is 13.8. The fraction of sp³-hybridized carbons (Fsp3) is 0.286. The first-order chi connectivity index (χ1) is 21.5. The van der Waals surface area contributed by atoms with E-state index in [1.165, 1.54) is 47.5 Å². The van der Waals surface area contributed by atoms with Crippen LogP contribution in [0.15, 0.2) is 60.0 Å². The lowest BCUT2D eigenvalue weighted by molar-refractivity contribution is -0.141. The van der Waals surface area contributed by atoms with E-state index in [-0.39, 0.29) is 29.9 Å². The van der Waals surface area contributed by atoms with Gasteiger partial charge in [-0.05, 0) is 42.0 Å². The number of methoxy groups -OCH3 is 1. The van der Waals surface area contributed by atoms with Crippen molar-refractivity contribution in [1.82, 2.24) is 35.9 Å². The first kappa shape index (κ1) is 31.0. The maximum atomic E-state index is 13.8. The number of hydrogen-bond acceptors (Lipinski definition) is 9. The average Bonchev–Trinajstić information content (AvgIpc) is 3.73. The molecule has 0 radical (unpaired) electrons. The zero-order valence-corrected chi connectivity index (χ0v) is 23.6. The number of carbonyl (C=O) groups excluding carboxylic acids is 3. The van der Waals surface area contributed by atoms with Crippen LogP contribution in [0.1, 0.15) is 33.9 Å². The number of rotatable bonds is 9. The van der Waals surface area contributed by atoms with Gasteiger partial charge in [0.05, 0.1) is 67.9 Å². The lowest BCUT2D eigenvalue weighted by atomic mass is 9.99. The molecular formula is C28H27F4N9O4. The molecule has 1 unspecified atom stereocenters. The maximum Gasteiger partial charge on any atom is 0.416 e. The standard InChI is InChI=1S/C28H27F4N9O4/c1-45-25(43)10-21(15-5-17(28(30,31)32)9-19(6-15)41-4-2-3-37-41)38-24(42)14-33-26(44)16-7-22(20-13-36-40-23(20)8-16)39-27-34-11-18(29)12-35-27/h2-9,13,18,21H,10-12,14H2,1H3,(H,33,44)(H,36,40)(H,38,42)(H2,34,35,39)/t21-/m0/s1. The van der Waals surface area contributed by atoms with Crippen molar-refractivity contribution in [2.45, 2.75) is 24.8 Å². The molecule has 0 saturated carbocycles. The first-order valence-corrected chi connectivity index (χ1v) is 13.5. The highest BCUT2D eigenvalue weighted by atomic mass is 19.4. The topological polar surface area (TPSA) is 167 Å². The van der Waals surface area contributed by atoms with Crippen molar-refractivity contribution in [1.29, 1.82) is 0 Å². The lowest BCUT2D eigenvalue weighted by Crippen LogP contribution is -2.41. The second kappa shape index (κ2) is 13.0. The van der Waals surface area contributed by atoms with Crippen LogP contribution in [0.25, 0.3) is 16.6 Å². The molecule has 13 nitrogen and oxygen atoms in total. The summed E-state index contributed by atoms with van der Waals surface area (Å²) in [6.45, 7) is -0.531. The molecule has 45 heavy (non-hydrogen) atoms. The van der Waals surface area contributed by atoms with E-state index in [9.17, 15) is 31.9 Å². The van der Waals surface area contributed by atoms with Crippen LogP contribution in [0.2, 0.25) is 0 Å². The van der Waals surface area contributed by atoms with Gasteiger partial charge in [-0.15, -0.1) is 0 Å². The molecule has 1 aliphatic heterocycles. The number of nitrogens with one attached hydrogen (secondary N) is 5. The van der Waals surface area contributed by atoms with Crippen LogP contribution in [-0.2, 0) is 20.5 Å².